The molecule has 2 atom stereocenters. The molecule has 0 unspecified atom stereocenters. The van der Waals surface area contributed by atoms with E-state index >= 15 is 0 Å². The average Bonchev–Trinajstić information content (AvgIpc) is 3.30. The Kier molecular flexibility index (Phi) is 7.22. The van der Waals surface area contributed by atoms with Crippen LogP contribution < -0.4 is 10.1 Å². The van der Waals surface area contributed by atoms with Gasteiger partial charge in [-0.25, -0.2) is 8.42 Å². The molecule has 2 fully saturated rings. The molecule has 32 heavy (non-hydrogen) atoms. The number of piperidine rings is 1. The molecule has 2 aromatic rings. The number of rotatable bonds is 8. The molecular weight excluding hydrogens is 424 g/mol. The third-order valence-corrected chi connectivity index (χ3v) is 8.75. The van der Waals surface area contributed by atoms with E-state index in [2.05, 4.69) is 29.3 Å². The molecule has 176 valence electrons. The number of ether oxygens (including phenoxy) is 1. The van der Waals surface area contributed by atoms with E-state index in [9.17, 15) is 8.42 Å². The predicted molar refractivity (Wildman–Crippen MR) is 127 cm³/mol. The van der Waals surface area contributed by atoms with Gasteiger partial charge in [-0.3, -0.25) is 9.58 Å². The molecule has 2 aliphatic rings. The maximum atomic E-state index is 11.9. The van der Waals surface area contributed by atoms with Crippen molar-refractivity contribution in [3.8, 4) is 5.75 Å². The fourth-order valence-corrected chi connectivity index (χ4v) is 6.82. The maximum absolute atomic E-state index is 11.9. The van der Waals surface area contributed by atoms with Crippen molar-refractivity contribution in [2.75, 3.05) is 38.2 Å². The molecule has 1 aromatic heterocycles. The smallest absolute Gasteiger partial charge is 0.152 e. The van der Waals surface area contributed by atoms with Gasteiger partial charge in [0.05, 0.1) is 30.4 Å². The normalized spacial score (nSPS) is 22.2. The van der Waals surface area contributed by atoms with Crippen LogP contribution in [0.25, 0.3) is 0 Å². The summed E-state index contributed by atoms with van der Waals surface area (Å²) in [6, 6.07) is 8.72. The molecule has 2 saturated heterocycles. The van der Waals surface area contributed by atoms with Crippen molar-refractivity contribution < 1.29 is 13.2 Å². The van der Waals surface area contributed by atoms with Gasteiger partial charge in [0.25, 0.3) is 0 Å². The third kappa shape index (κ3) is 5.18. The minimum Gasteiger partial charge on any atom is -0.497 e. The zero-order valence-corrected chi connectivity index (χ0v) is 20.3. The first-order valence-electron chi connectivity index (χ1n) is 11.7. The van der Waals surface area contributed by atoms with Crippen molar-refractivity contribution >= 4 is 9.84 Å². The molecule has 8 heteroatoms. The van der Waals surface area contributed by atoms with E-state index in [-0.39, 0.29) is 17.5 Å². The molecule has 0 bridgehead atoms. The number of sulfone groups is 1. The van der Waals surface area contributed by atoms with E-state index < -0.39 is 9.84 Å². The van der Waals surface area contributed by atoms with E-state index in [1.54, 1.807) is 7.11 Å². The highest BCUT2D eigenvalue weighted by Crippen LogP contribution is 2.28. The number of methoxy groups -OCH3 is 1. The zero-order chi connectivity index (χ0) is 22.7. The summed E-state index contributed by atoms with van der Waals surface area (Å²) in [6.45, 7) is 7.93. The molecule has 0 radical (unpaired) electrons. The summed E-state index contributed by atoms with van der Waals surface area (Å²) < 4.78 is 31.1. The highest BCUT2D eigenvalue weighted by Gasteiger charge is 2.31. The second-order valence-electron chi connectivity index (χ2n) is 9.17. The van der Waals surface area contributed by atoms with Gasteiger partial charge in [-0.2, -0.15) is 5.10 Å². The second kappa shape index (κ2) is 9.93. The summed E-state index contributed by atoms with van der Waals surface area (Å²) in [7, 11) is -1.23. The monoisotopic (exact) mass is 460 g/mol. The minimum absolute atomic E-state index is 0.0344. The van der Waals surface area contributed by atoms with Crippen molar-refractivity contribution in [2.45, 2.75) is 58.2 Å². The molecule has 1 N–H and O–H groups in total. The molecule has 0 amide bonds. The molecule has 0 spiro atoms. The Bertz CT molecular complexity index is 1010. The number of nitrogens with zero attached hydrogens (tertiary/aromatic N) is 3. The van der Waals surface area contributed by atoms with Crippen LogP contribution in [0.5, 0.6) is 5.75 Å². The van der Waals surface area contributed by atoms with E-state index in [0.29, 0.717) is 12.5 Å². The van der Waals surface area contributed by atoms with Crippen LogP contribution in [-0.4, -0.2) is 61.3 Å². The van der Waals surface area contributed by atoms with Gasteiger partial charge in [0.1, 0.15) is 5.75 Å². The predicted octanol–water partition coefficient (Wildman–Crippen LogP) is 3.18. The lowest BCUT2D eigenvalue weighted by molar-refractivity contribution is 0.160. The topological polar surface area (TPSA) is 76.5 Å². The van der Waals surface area contributed by atoms with Crippen LogP contribution in [0.15, 0.2) is 24.3 Å². The zero-order valence-electron chi connectivity index (χ0n) is 19.5. The van der Waals surface area contributed by atoms with Crippen LogP contribution in [0.4, 0.5) is 0 Å². The van der Waals surface area contributed by atoms with Crippen LogP contribution in [0.2, 0.25) is 0 Å². The molecule has 2 aliphatic heterocycles. The van der Waals surface area contributed by atoms with Crippen molar-refractivity contribution in [2.24, 2.45) is 0 Å². The maximum Gasteiger partial charge on any atom is 0.152 e. The number of aromatic nitrogens is 2. The molecule has 3 heterocycles. The van der Waals surface area contributed by atoms with E-state index in [1.807, 2.05) is 23.7 Å². The molecule has 4 rings (SSSR count). The Balaban J connectivity index is 1.45. The Hall–Kier alpha value is -1.90. The van der Waals surface area contributed by atoms with Gasteiger partial charge >= 0.3 is 0 Å². The number of nitrogens with one attached hydrogen (secondary N) is 1. The number of aryl methyl sites for hydroxylation is 1. The first-order chi connectivity index (χ1) is 15.4. The molecule has 1 aromatic carbocycles. The van der Waals surface area contributed by atoms with Gasteiger partial charge in [-0.05, 0) is 63.9 Å². The second-order valence-corrected chi connectivity index (χ2v) is 11.4. The van der Waals surface area contributed by atoms with Gasteiger partial charge in [0, 0.05) is 30.4 Å². The standard InChI is InChI=1S/C24H36N4O3S/c1-18-23(19(2)28(26-18)21-11-14-32(29,30)17-21)15-25-16-24(27-12-5-4-6-13-27)20-7-9-22(31-3)10-8-20/h7-10,21,24-25H,4-6,11-17H2,1-3H3/t21-,24-/m0/s1. The summed E-state index contributed by atoms with van der Waals surface area (Å²) in [6.07, 6.45) is 4.48. The van der Waals surface area contributed by atoms with Crippen molar-refractivity contribution in [1.82, 2.24) is 20.0 Å². The Morgan fingerprint density at radius 1 is 1.16 bits per heavy atom. The molecule has 7 nitrogen and oxygen atoms in total. The largest absolute Gasteiger partial charge is 0.497 e. The summed E-state index contributed by atoms with van der Waals surface area (Å²) in [5, 5.41) is 8.39. The van der Waals surface area contributed by atoms with E-state index in [4.69, 9.17) is 9.84 Å². The minimum atomic E-state index is -2.93. The van der Waals surface area contributed by atoms with Crippen LogP contribution in [0.3, 0.4) is 0 Å². The van der Waals surface area contributed by atoms with Gasteiger partial charge in [0.2, 0.25) is 0 Å². The lowest BCUT2D eigenvalue weighted by atomic mass is 10.0. The van der Waals surface area contributed by atoms with Crippen molar-refractivity contribution in [3.05, 3.63) is 46.8 Å². The summed E-state index contributed by atoms with van der Waals surface area (Å²) in [5.74, 6) is 1.35. The van der Waals surface area contributed by atoms with Crippen molar-refractivity contribution in [3.63, 3.8) is 0 Å². The number of likely N-dealkylation sites (tertiary alicyclic amines) is 1. The van der Waals surface area contributed by atoms with Crippen LogP contribution in [-0.2, 0) is 16.4 Å². The third-order valence-electron chi connectivity index (χ3n) is 7.00. The van der Waals surface area contributed by atoms with Gasteiger partial charge in [-0.1, -0.05) is 18.6 Å². The Labute approximate surface area is 192 Å². The van der Waals surface area contributed by atoms with Gasteiger partial charge in [0.15, 0.2) is 9.84 Å². The highest BCUT2D eigenvalue weighted by molar-refractivity contribution is 7.91. The SMILES string of the molecule is COc1ccc([C@H](CNCc2c(C)nn([C@H]3CCS(=O)(=O)C3)c2C)N2CCCCC2)cc1. The van der Waals surface area contributed by atoms with Crippen LogP contribution in [0.1, 0.15) is 60.3 Å². The summed E-state index contributed by atoms with van der Waals surface area (Å²) in [5.41, 5.74) is 4.55. The first-order valence-corrected chi connectivity index (χ1v) is 13.5. The van der Waals surface area contributed by atoms with Crippen LogP contribution >= 0.6 is 0 Å². The van der Waals surface area contributed by atoms with Crippen LogP contribution in [0, 0.1) is 13.8 Å². The number of hydrogen-bond donors (Lipinski definition) is 1. The quantitative estimate of drug-likeness (QED) is 0.652. The van der Waals surface area contributed by atoms with E-state index in [0.717, 1.165) is 43.3 Å². The van der Waals surface area contributed by atoms with Gasteiger partial charge in [-0.15, -0.1) is 0 Å². The highest BCUT2D eigenvalue weighted by atomic mass is 32.2. The first kappa shape index (κ1) is 23.3. The fourth-order valence-electron chi connectivity index (χ4n) is 5.12. The van der Waals surface area contributed by atoms with Gasteiger partial charge < -0.3 is 10.1 Å². The lowest BCUT2D eigenvalue weighted by Crippen LogP contribution is -2.39. The lowest BCUT2D eigenvalue weighted by Gasteiger charge is -2.35. The average molecular weight is 461 g/mol. The summed E-state index contributed by atoms with van der Waals surface area (Å²) in [4.78, 5) is 2.59. The molecule has 0 saturated carbocycles. The summed E-state index contributed by atoms with van der Waals surface area (Å²) >= 11 is 0. The Morgan fingerprint density at radius 3 is 2.50 bits per heavy atom. The van der Waals surface area contributed by atoms with E-state index in [1.165, 1.54) is 30.4 Å². The number of hydrogen-bond acceptors (Lipinski definition) is 6. The fraction of sp³-hybridized carbons (Fsp3) is 0.625. The molecule has 0 aliphatic carbocycles. The van der Waals surface area contributed by atoms with Crippen molar-refractivity contribution in [1.29, 1.82) is 0 Å². The molecular formula is C24H36N4O3S. The Morgan fingerprint density at radius 2 is 1.88 bits per heavy atom. The number of benzene rings is 1.